The minimum atomic E-state index is -0.0491. The number of hydrogen-bond donors (Lipinski definition) is 3. The van der Waals surface area contributed by atoms with Crippen LogP contribution in [-0.4, -0.2) is 30.5 Å². The summed E-state index contributed by atoms with van der Waals surface area (Å²) in [5.74, 6) is 6.26. The molecule has 1 aromatic carbocycles. The summed E-state index contributed by atoms with van der Waals surface area (Å²) < 4.78 is 0. The summed E-state index contributed by atoms with van der Waals surface area (Å²) in [7, 11) is 0. The van der Waals surface area contributed by atoms with Crippen LogP contribution in [0.25, 0.3) is 0 Å². The van der Waals surface area contributed by atoms with E-state index in [1.807, 2.05) is 24.5 Å². The molecule has 0 spiro atoms. The van der Waals surface area contributed by atoms with Gasteiger partial charge >= 0.3 is 0 Å². The molecule has 94 valence electrons. The Bertz CT molecular complexity index is 332. The lowest BCUT2D eigenvalue weighted by Crippen LogP contribution is -2.44. The van der Waals surface area contributed by atoms with Crippen molar-refractivity contribution in [1.29, 1.82) is 0 Å². The number of thioether (sulfide) groups is 1. The molecule has 1 aromatic rings. The number of hydrazine groups is 1. The summed E-state index contributed by atoms with van der Waals surface area (Å²) in [5.41, 5.74) is 3.29. The molecule has 1 atom stereocenters. The fourth-order valence-corrected chi connectivity index (χ4v) is 2.01. The number of amides is 1. The van der Waals surface area contributed by atoms with Crippen molar-refractivity contribution < 1.29 is 4.79 Å². The van der Waals surface area contributed by atoms with Crippen LogP contribution in [0.15, 0.2) is 30.3 Å². The zero-order valence-electron chi connectivity index (χ0n) is 9.98. The first-order valence-electron chi connectivity index (χ1n) is 5.56. The van der Waals surface area contributed by atoms with E-state index < -0.39 is 0 Å². The molecule has 1 amide bonds. The largest absolute Gasteiger partial charge is 0.348 e. The average Bonchev–Trinajstić information content (AvgIpc) is 2.37. The SMILES string of the molecule is CSCCC(CNN)NC(=O)c1ccccc1. The number of hydrogen-bond acceptors (Lipinski definition) is 4. The number of carbonyl (C=O) groups excluding carboxylic acids is 1. The molecule has 1 unspecified atom stereocenters. The topological polar surface area (TPSA) is 67.2 Å². The molecule has 0 bridgehead atoms. The highest BCUT2D eigenvalue weighted by atomic mass is 32.2. The van der Waals surface area contributed by atoms with Gasteiger partial charge in [0.25, 0.3) is 5.91 Å². The number of benzene rings is 1. The molecule has 0 aromatic heterocycles. The molecule has 0 saturated carbocycles. The summed E-state index contributed by atoms with van der Waals surface area (Å²) in [6.07, 6.45) is 2.95. The van der Waals surface area contributed by atoms with Crippen LogP contribution in [-0.2, 0) is 0 Å². The Hall–Kier alpha value is -1.04. The molecule has 0 aliphatic heterocycles. The van der Waals surface area contributed by atoms with Crippen molar-refractivity contribution in [1.82, 2.24) is 10.7 Å². The molecule has 4 N–H and O–H groups in total. The zero-order valence-corrected chi connectivity index (χ0v) is 10.8. The molecular formula is C12H19N3OS. The predicted octanol–water partition coefficient (Wildman–Crippen LogP) is 1.00. The van der Waals surface area contributed by atoms with Crippen molar-refractivity contribution in [2.75, 3.05) is 18.6 Å². The van der Waals surface area contributed by atoms with E-state index in [0.717, 1.165) is 12.2 Å². The van der Waals surface area contributed by atoms with E-state index >= 15 is 0 Å². The summed E-state index contributed by atoms with van der Waals surface area (Å²) in [6.45, 7) is 0.582. The van der Waals surface area contributed by atoms with Gasteiger partial charge in [0, 0.05) is 18.2 Å². The van der Waals surface area contributed by atoms with Gasteiger partial charge in [0.15, 0.2) is 0 Å². The van der Waals surface area contributed by atoms with Crippen molar-refractivity contribution in [3.8, 4) is 0 Å². The first-order valence-corrected chi connectivity index (χ1v) is 6.95. The van der Waals surface area contributed by atoms with E-state index in [1.165, 1.54) is 0 Å². The highest BCUT2D eigenvalue weighted by molar-refractivity contribution is 7.98. The molecule has 17 heavy (non-hydrogen) atoms. The summed E-state index contributed by atoms with van der Waals surface area (Å²) in [5, 5.41) is 2.97. The second-order valence-corrected chi connectivity index (χ2v) is 4.71. The molecule has 5 heteroatoms. The molecule has 0 aliphatic carbocycles. The van der Waals surface area contributed by atoms with Gasteiger partial charge < -0.3 is 5.32 Å². The van der Waals surface area contributed by atoms with Crippen molar-refractivity contribution in [3.63, 3.8) is 0 Å². The first-order chi connectivity index (χ1) is 8.27. The molecule has 0 heterocycles. The van der Waals surface area contributed by atoms with Crippen LogP contribution in [0, 0.1) is 0 Å². The smallest absolute Gasteiger partial charge is 0.251 e. The summed E-state index contributed by atoms with van der Waals surface area (Å²) >= 11 is 1.76. The van der Waals surface area contributed by atoms with Crippen LogP contribution in [0.2, 0.25) is 0 Å². The summed E-state index contributed by atoms with van der Waals surface area (Å²) in [4.78, 5) is 11.9. The predicted molar refractivity (Wildman–Crippen MR) is 72.9 cm³/mol. The molecule has 4 nitrogen and oxygen atoms in total. The molecule has 0 fully saturated rings. The minimum Gasteiger partial charge on any atom is -0.348 e. The van der Waals surface area contributed by atoms with E-state index in [4.69, 9.17) is 5.84 Å². The highest BCUT2D eigenvalue weighted by Gasteiger charge is 2.12. The quantitative estimate of drug-likeness (QED) is 0.501. The van der Waals surface area contributed by atoms with E-state index in [-0.39, 0.29) is 11.9 Å². The van der Waals surface area contributed by atoms with Gasteiger partial charge in [-0.3, -0.25) is 16.1 Å². The van der Waals surface area contributed by atoms with Gasteiger partial charge in [-0.2, -0.15) is 11.8 Å². The molecule has 0 saturated heterocycles. The number of rotatable bonds is 7. The Balaban J connectivity index is 2.51. The fourth-order valence-electron chi connectivity index (χ4n) is 1.49. The van der Waals surface area contributed by atoms with Gasteiger partial charge in [-0.15, -0.1) is 0 Å². The Kier molecular flexibility index (Phi) is 6.69. The van der Waals surface area contributed by atoms with Crippen molar-refractivity contribution >= 4 is 17.7 Å². The average molecular weight is 253 g/mol. The first kappa shape index (κ1) is 14.0. The van der Waals surface area contributed by atoms with Crippen LogP contribution in [0.3, 0.4) is 0 Å². The standard InChI is InChI=1S/C12H19N3OS/c1-17-8-7-11(9-14-13)15-12(16)10-5-3-2-4-6-10/h2-6,11,14H,7-9,13H2,1H3,(H,15,16). The Morgan fingerprint density at radius 2 is 2.12 bits per heavy atom. The lowest BCUT2D eigenvalue weighted by atomic mass is 10.1. The van der Waals surface area contributed by atoms with Gasteiger partial charge in [-0.25, -0.2) is 0 Å². The maximum atomic E-state index is 11.9. The monoisotopic (exact) mass is 253 g/mol. The van der Waals surface area contributed by atoms with E-state index in [1.54, 1.807) is 23.9 Å². The minimum absolute atomic E-state index is 0.0491. The van der Waals surface area contributed by atoms with Gasteiger partial charge in [0.2, 0.25) is 0 Å². The van der Waals surface area contributed by atoms with E-state index in [0.29, 0.717) is 12.1 Å². The number of nitrogens with two attached hydrogens (primary N) is 1. The van der Waals surface area contributed by atoms with Gasteiger partial charge in [-0.05, 0) is 30.6 Å². The van der Waals surface area contributed by atoms with Crippen LogP contribution in [0.5, 0.6) is 0 Å². The van der Waals surface area contributed by atoms with Crippen LogP contribution in [0.1, 0.15) is 16.8 Å². The second-order valence-electron chi connectivity index (χ2n) is 3.73. The Labute approximate surface area is 106 Å². The lowest BCUT2D eigenvalue weighted by Gasteiger charge is -2.17. The van der Waals surface area contributed by atoms with Crippen molar-refractivity contribution in [3.05, 3.63) is 35.9 Å². The van der Waals surface area contributed by atoms with Gasteiger partial charge in [0.05, 0.1) is 0 Å². The third-order valence-electron chi connectivity index (χ3n) is 2.41. The Morgan fingerprint density at radius 3 is 2.71 bits per heavy atom. The van der Waals surface area contributed by atoms with E-state index in [2.05, 4.69) is 10.7 Å². The fraction of sp³-hybridized carbons (Fsp3) is 0.417. The lowest BCUT2D eigenvalue weighted by molar-refractivity contribution is 0.0936. The van der Waals surface area contributed by atoms with Crippen LogP contribution < -0.4 is 16.6 Å². The summed E-state index contributed by atoms with van der Waals surface area (Å²) in [6, 6.07) is 9.28. The van der Waals surface area contributed by atoms with Crippen molar-refractivity contribution in [2.45, 2.75) is 12.5 Å². The molecule has 0 radical (unpaired) electrons. The third-order valence-corrected chi connectivity index (χ3v) is 3.05. The van der Waals surface area contributed by atoms with Gasteiger partial charge in [-0.1, -0.05) is 18.2 Å². The van der Waals surface area contributed by atoms with Crippen molar-refractivity contribution in [2.24, 2.45) is 5.84 Å². The Morgan fingerprint density at radius 1 is 1.41 bits per heavy atom. The molecular weight excluding hydrogens is 234 g/mol. The van der Waals surface area contributed by atoms with E-state index in [9.17, 15) is 4.79 Å². The highest BCUT2D eigenvalue weighted by Crippen LogP contribution is 2.03. The second kappa shape index (κ2) is 8.11. The van der Waals surface area contributed by atoms with Crippen LogP contribution >= 0.6 is 11.8 Å². The third kappa shape index (κ3) is 5.21. The number of nitrogens with one attached hydrogen (secondary N) is 2. The normalized spacial score (nSPS) is 12.1. The molecule has 1 rings (SSSR count). The zero-order chi connectivity index (χ0) is 12.5. The maximum absolute atomic E-state index is 11.9. The van der Waals surface area contributed by atoms with Gasteiger partial charge in [0.1, 0.15) is 0 Å². The molecule has 0 aliphatic rings. The van der Waals surface area contributed by atoms with Crippen LogP contribution in [0.4, 0.5) is 0 Å². The number of carbonyl (C=O) groups is 1. The maximum Gasteiger partial charge on any atom is 0.251 e.